The molecule has 0 unspecified atom stereocenters. The molecule has 0 amide bonds. The molecule has 0 saturated carbocycles. The van der Waals surface area contributed by atoms with E-state index in [-0.39, 0.29) is 18.2 Å². The molecule has 3 aromatic rings. The number of furan rings is 1. The molecule has 0 saturated heterocycles. The average molecular weight is 331 g/mol. The Balaban J connectivity index is 1.75. The third kappa shape index (κ3) is 3.60. The zero-order chi connectivity index (χ0) is 16.2. The van der Waals surface area contributed by atoms with Gasteiger partial charge in [0.05, 0.1) is 5.02 Å². The van der Waals surface area contributed by atoms with Gasteiger partial charge in [-0.3, -0.25) is 4.79 Å². The minimum Gasteiger partial charge on any atom is -0.487 e. The Hall–Kier alpha value is -2.59. The Morgan fingerprint density at radius 3 is 2.70 bits per heavy atom. The molecule has 0 N–H and O–H groups in total. The second-order valence-corrected chi connectivity index (χ2v) is 5.29. The number of hydrogen-bond acceptors (Lipinski definition) is 3. The summed E-state index contributed by atoms with van der Waals surface area (Å²) in [4.78, 5) is 10.6. The molecule has 0 aliphatic carbocycles. The van der Waals surface area contributed by atoms with E-state index in [1.165, 1.54) is 12.1 Å². The normalized spacial score (nSPS) is 10.5. The van der Waals surface area contributed by atoms with E-state index in [2.05, 4.69) is 0 Å². The first-order valence-corrected chi connectivity index (χ1v) is 7.25. The first-order chi connectivity index (χ1) is 11.2. The van der Waals surface area contributed by atoms with E-state index in [0.29, 0.717) is 28.4 Å². The van der Waals surface area contributed by atoms with Gasteiger partial charge in [-0.1, -0.05) is 23.7 Å². The SMILES string of the molecule is O=Cc1ccc(-c2ccc(OCc3cccc(F)c3)c(Cl)c2)o1. The lowest BCUT2D eigenvalue weighted by Gasteiger charge is -2.09. The van der Waals surface area contributed by atoms with E-state index in [0.717, 1.165) is 5.56 Å². The van der Waals surface area contributed by atoms with E-state index in [4.69, 9.17) is 20.8 Å². The molecular formula is C18H12ClFO3. The predicted molar refractivity (Wildman–Crippen MR) is 85.3 cm³/mol. The third-order valence-corrected chi connectivity index (χ3v) is 3.54. The molecule has 0 bridgehead atoms. The topological polar surface area (TPSA) is 39.4 Å². The van der Waals surface area contributed by atoms with Gasteiger partial charge in [0.25, 0.3) is 0 Å². The quantitative estimate of drug-likeness (QED) is 0.609. The molecule has 3 rings (SSSR count). The highest BCUT2D eigenvalue weighted by molar-refractivity contribution is 6.32. The molecular weight excluding hydrogens is 319 g/mol. The lowest BCUT2D eigenvalue weighted by Crippen LogP contribution is -1.96. The van der Waals surface area contributed by atoms with E-state index in [1.54, 1.807) is 42.5 Å². The molecule has 0 fully saturated rings. The number of hydrogen-bond donors (Lipinski definition) is 0. The van der Waals surface area contributed by atoms with Crippen molar-refractivity contribution in [3.05, 3.63) is 76.8 Å². The fraction of sp³-hybridized carbons (Fsp3) is 0.0556. The summed E-state index contributed by atoms with van der Waals surface area (Å²) in [5.41, 5.74) is 1.45. The minimum absolute atomic E-state index is 0.215. The number of carbonyl (C=O) groups is 1. The Morgan fingerprint density at radius 2 is 2.00 bits per heavy atom. The summed E-state index contributed by atoms with van der Waals surface area (Å²) in [6, 6.07) is 14.6. The Morgan fingerprint density at radius 1 is 1.13 bits per heavy atom. The maximum absolute atomic E-state index is 13.1. The van der Waals surface area contributed by atoms with Crippen LogP contribution < -0.4 is 4.74 Å². The standard InChI is InChI=1S/C18H12ClFO3/c19-16-9-13(17-7-5-15(10-21)23-17)4-6-18(16)22-11-12-2-1-3-14(20)8-12/h1-10H,11H2. The predicted octanol–water partition coefficient (Wildman–Crippen LogP) is 5.13. The molecule has 5 heteroatoms. The van der Waals surface area contributed by atoms with Gasteiger partial charge in [0, 0.05) is 5.56 Å². The van der Waals surface area contributed by atoms with Crippen molar-refractivity contribution in [1.29, 1.82) is 0 Å². The first-order valence-electron chi connectivity index (χ1n) is 6.88. The van der Waals surface area contributed by atoms with Gasteiger partial charge < -0.3 is 9.15 Å². The molecule has 1 heterocycles. The maximum Gasteiger partial charge on any atom is 0.185 e. The molecule has 0 aliphatic rings. The molecule has 23 heavy (non-hydrogen) atoms. The molecule has 116 valence electrons. The van der Waals surface area contributed by atoms with Crippen molar-refractivity contribution >= 4 is 17.9 Å². The third-order valence-electron chi connectivity index (χ3n) is 3.24. The van der Waals surface area contributed by atoms with Crippen molar-refractivity contribution in [1.82, 2.24) is 0 Å². The minimum atomic E-state index is -0.309. The largest absolute Gasteiger partial charge is 0.487 e. The van der Waals surface area contributed by atoms with Crippen molar-refractivity contribution in [2.75, 3.05) is 0 Å². The van der Waals surface area contributed by atoms with Gasteiger partial charge in [0.1, 0.15) is 23.9 Å². The van der Waals surface area contributed by atoms with Crippen molar-refractivity contribution in [2.45, 2.75) is 6.61 Å². The summed E-state index contributed by atoms with van der Waals surface area (Å²) in [6.07, 6.45) is 0.640. The van der Waals surface area contributed by atoms with Crippen LogP contribution in [-0.2, 0) is 6.61 Å². The van der Waals surface area contributed by atoms with E-state index >= 15 is 0 Å². The second-order valence-electron chi connectivity index (χ2n) is 4.88. The highest BCUT2D eigenvalue weighted by Gasteiger charge is 2.09. The van der Waals surface area contributed by atoms with Crippen molar-refractivity contribution < 1.29 is 18.3 Å². The lowest BCUT2D eigenvalue weighted by atomic mass is 10.1. The highest BCUT2D eigenvalue weighted by atomic mass is 35.5. The molecule has 0 radical (unpaired) electrons. The molecule has 3 nitrogen and oxygen atoms in total. The van der Waals surface area contributed by atoms with Crippen LogP contribution in [0.2, 0.25) is 5.02 Å². The van der Waals surface area contributed by atoms with Gasteiger partial charge in [0.2, 0.25) is 0 Å². The Labute approximate surface area is 137 Å². The van der Waals surface area contributed by atoms with Crippen LogP contribution in [0.1, 0.15) is 16.1 Å². The van der Waals surface area contributed by atoms with Gasteiger partial charge in [-0.15, -0.1) is 0 Å². The van der Waals surface area contributed by atoms with Crippen LogP contribution in [-0.4, -0.2) is 6.29 Å². The number of aldehydes is 1. The summed E-state index contributed by atoms with van der Waals surface area (Å²) in [5.74, 6) is 0.978. The number of benzene rings is 2. The number of rotatable bonds is 5. The van der Waals surface area contributed by atoms with Crippen LogP contribution in [0.15, 0.2) is 59.0 Å². The Bertz CT molecular complexity index is 842. The number of ether oxygens (including phenoxy) is 1. The highest BCUT2D eigenvalue weighted by Crippen LogP contribution is 2.31. The van der Waals surface area contributed by atoms with E-state index in [9.17, 15) is 9.18 Å². The Kier molecular flexibility index (Phi) is 4.44. The summed E-state index contributed by atoms with van der Waals surface area (Å²) < 4.78 is 24.1. The zero-order valence-electron chi connectivity index (χ0n) is 12.0. The summed E-state index contributed by atoms with van der Waals surface area (Å²) in [5, 5.41) is 0.406. The van der Waals surface area contributed by atoms with Crippen molar-refractivity contribution in [2.24, 2.45) is 0 Å². The van der Waals surface area contributed by atoms with Gasteiger partial charge in [0.15, 0.2) is 12.0 Å². The monoisotopic (exact) mass is 330 g/mol. The summed E-state index contributed by atoms with van der Waals surface area (Å²) >= 11 is 6.21. The molecule has 2 aromatic carbocycles. The molecule has 1 aromatic heterocycles. The van der Waals surface area contributed by atoms with Crippen molar-refractivity contribution in [3.63, 3.8) is 0 Å². The van der Waals surface area contributed by atoms with Crippen LogP contribution in [0.4, 0.5) is 4.39 Å². The average Bonchev–Trinajstić information content (AvgIpc) is 3.03. The van der Waals surface area contributed by atoms with E-state index in [1.807, 2.05) is 0 Å². The van der Waals surface area contributed by atoms with Crippen LogP contribution in [0, 0.1) is 5.82 Å². The summed E-state index contributed by atoms with van der Waals surface area (Å²) in [6.45, 7) is 0.215. The van der Waals surface area contributed by atoms with Gasteiger partial charge in [-0.05, 0) is 48.0 Å². The summed E-state index contributed by atoms with van der Waals surface area (Å²) in [7, 11) is 0. The van der Waals surface area contributed by atoms with E-state index < -0.39 is 0 Å². The van der Waals surface area contributed by atoms with Gasteiger partial charge >= 0.3 is 0 Å². The second kappa shape index (κ2) is 6.67. The fourth-order valence-corrected chi connectivity index (χ4v) is 2.37. The molecule has 0 aliphatic heterocycles. The van der Waals surface area contributed by atoms with Crippen LogP contribution in [0.25, 0.3) is 11.3 Å². The number of halogens is 2. The maximum atomic E-state index is 13.1. The molecule has 0 spiro atoms. The van der Waals surface area contributed by atoms with Crippen molar-refractivity contribution in [3.8, 4) is 17.1 Å². The van der Waals surface area contributed by atoms with Crippen LogP contribution >= 0.6 is 11.6 Å². The molecule has 0 atom stereocenters. The fourth-order valence-electron chi connectivity index (χ4n) is 2.13. The number of carbonyl (C=O) groups excluding carboxylic acids is 1. The van der Waals surface area contributed by atoms with Gasteiger partial charge in [-0.2, -0.15) is 0 Å². The smallest absolute Gasteiger partial charge is 0.185 e. The van der Waals surface area contributed by atoms with Crippen LogP contribution in [0.5, 0.6) is 5.75 Å². The first kappa shape index (κ1) is 15.3. The van der Waals surface area contributed by atoms with Gasteiger partial charge in [-0.25, -0.2) is 4.39 Å². The van der Waals surface area contributed by atoms with Crippen LogP contribution in [0.3, 0.4) is 0 Å². The zero-order valence-corrected chi connectivity index (χ0v) is 12.7. The lowest BCUT2D eigenvalue weighted by molar-refractivity contribution is 0.110.